The summed E-state index contributed by atoms with van der Waals surface area (Å²) in [7, 11) is 3.17. The third-order valence-electron chi connectivity index (χ3n) is 3.29. The SMILES string of the molecule is COc1ccnc(CNC(C)c2cccc(F)c2)c1OC. The zero-order valence-corrected chi connectivity index (χ0v) is 12.4. The fourth-order valence-corrected chi connectivity index (χ4v) is 2.12. The molecule has 1 N–H and O–H groups in total. The summed E-state index contributed by atoms with van der Waals surface area (Å²) in [4.78, 5) is 4.30. The van der Waals surface area contributed by atoms with Crippen LogP contribution in [0.2, 0.25) is 0 Å². The molecule has 4 nitrogen and oxygen atoms in total. The van der Waals surface area contributed by atoms with Crippen LogP contribution in [0.1, 0.15) is 24.2 Å². The number of methoxy groups -OCH3 is 2. The van der Waals surface area contributed by atoms with E-state index in [0.29, 0.717) is 18.0 Å². The molecule has 0 amide bonds. The largest absolute Gasteiger partial charge is 0.493 e. The van der Waals surface area contributed by atoms with Gasteiger partial charge in [-0.05, 0) is 24.6 Å². The molecule has 0 aliphatic rings. The van der Waals surface area contributed by atoms with E-state index in [-0.39, 0.29) is 11.9 Å². The van der Waals surface area contributed by atoms with E-state index in [1.54, 1.807) is 32.5 Å². The average molecular weight is 290 g/mol. The van der Waals surface area contributed by atoms with E-state index in [1.807, 2.05) is 13.0 Å². The van der Waals surface area contributed by atoms with Crippen molar-refractivity contribution in [2.24, 2.45) is 0 Å². The summed E-state index contributed by atoms with van der Waals surface area (Å²) in [6.45, 7) is 2.47. The molecule has 1 heterocycles. The summed E-state index contributed by atoms with van der Waals surface area (Å²) in [5.74, 6) is 1.01. The van der Waals surface area contributed by atoms with Crippen LogP contribution in [0.15, 0.2) is 36.5 Å². The van der Waals surface area contributed by atoms with Crippen molar-refractivity contribution in [1.29, 1.82) is 0 Å². The van der Waals surface area contributed by atoms with Gasteiger partial charge in [0, 0.05) is 24.8 Å². The molecule has 1 unspecified atom stereocenters. The van der Waals surface area contributed by atoms with Crippen molar-refractivity contribution < 1.29 is 13.9 Å². The first-order valence-corrected chi connectivity index (χ1v) is 6.70. The Hall–Kier alpha value is -2.14. The highest BCUT2D eigenvalue weighted by Crippen LogP contribution is 2.29. The van der Waals surface area contributed by atoms with Crippen LogP contribution in [0.25, 0.3) is 0 Å². The molecule has 0 aliphatic carbocycles. The van der Waals surface area contributed by atoms with Gasteiger partial charge in [0.15, 0.2) is 11.5 Å². The number of nitrogens with one attached hydrogen (secondary N) is 1. The molecular weight excluding hydrogens is 271 g/mol. The molecule has 0 fully saturated rings. The highest BCUT2D eigenvalue weighted by atomic mass is 19.1. The molecule has 2 rings (SSSR count). The Morgan fingerprint density at radius 2 is 2.05 bits per heavy atom. The summed E-state index contributed by atoms with van der Waals surface area (Å²) in [6, 6.07) is 8.29. The lowest BCUT2D eigenvalue weighted by atomic mass is 10.1. The van der Waals surface area contributed by atoms with Gasteiger partial charge in [-0.25, -0.2) is 4.39 Å². The number of ether oxygens (including phenoxy) is 2. The average Bonchev–Trinajstić information content (AvgIpc) is 2.51. The number of hydrogen-bond donors (Lipinski definition) is 1. The van der Waals surface area contributed by atoms with Crippen LogP contribution >= 0.6 is 0 Å². The zero-order valence-electron chi connectivity index (χ0n) is 12.4. The number of hydrogen-bond acceptors (Lipinski definition) is 4. The summed E-state index contributed by atoms with van der Waals surface area (Å²) >= 11 is 0. The van der Waals surface area contributed by atoms with Gasteiger partial charge in [0.2, 0.25) is 0 Å². The number of benzene rings is 1. The van der Waals surface area contributed by atoms with Gasteiger partial charge in [-0.1, -0.05) is 12.1 Å². The molecule has 112 valence electrons. The fraction of sp³-hybridized carbons (Fsp3) is 0.312. The van der Waals surface area contributed by atoms with Crippen LogP contribution < -0.4 is 14.8 Å². The first-order valence-electron chi connectivity index (χ1n) is 6.70. The van der Waals surface area contributed by atoms with Crippen molar-refractivity contribution in [2.75, 3.05) is 14.2 Å². The topological polar surface area (TPSA) is 43.4 Å². The van der Waals surface area contributed by atoms with Crippen LogP contribution in [-0.4, -0.2) is 19.2 Å². The number of pyridine rings is 1. The lowest BCUT2D eigenvalue weighted by molar-refractivity contribution is 0.347. The number of nitrogens with zero attached hydrogens (tertiary/aromatic N) is 1. The smallest absolute Gasteiger partial charge is 0.183 e. The van der Waals surface area contributed by atoms with Gasteiger partial charge in [-0.2, -0.15) is 0 Å². The molecule has 1 aromatic heterocycles. The summed E-state index contributed by atoms with van der Waals surface area (Å²) < 4.78 is 23.8. The highest BCUT2D eigenvalue weighted by Gasteiger charge is 2.12. The molecule has 0 bridgehead atoms. The minimum absolute atomic E-state index is 0.00147. The van der Waals surface area contributed by atoms with Gasteiger partial charge in [0.1, 0.15) is 5.82 Å². The van der Waals surface area contributed by atoms with E-state index in [1.165, 1.54) is 12.1 Å². The molecule has 21 heavy (non-hydrogen) atoms. The minimum atomic E-state index is -0.238. The second-order valence-corrected chi connectivity index (χ2v) is 4.65. The third-order valence-corrected chi connectivity index (χ3v) is 3.29. The molecule has 1 aromatic carbocycles. The van der Waals surface area contributed by atoms with E-state index in [9.17, 15) is 4.39 Å². The van der Waals surface area contributed by atoms with Crippen molar-refractivity contribution in [3.63, 3.8) is 0 Å². The Morgan fingerprint density at radius 1 is 1.24 bits per heavy atom. The molecule has 0 aliphatic heterocycles. The molecule has 5 heteroatoms. The molecular formula is C16H19FN2O2. The minimum Gasteiger partial charge on any atom is -0.493 e. The third kappa shape index (κ3) is 3.70. The maximum Gasteiger partial charge on any atom is 0.183 e. The van der Waals surface area contributed by atoms with Gasteiger partial charge in [-0.15, -0.1) is 0 Å². The van der Waals surface area contributed by atoms with Crippen molar-refractivity contribution in [2.45, 2.75) is 19.5 Å². The lowest BCUT2D eigenvalue weighted by Crippen LogP contribution is -2.19. The Labute approximate surface area is 123 Å². The monoisotopic (exact) mass is 290 g/mol. The molecule has 0 radical (unpaired) electrons. The summed E-state index contributed by atoms with van der Waals surface area (Å²) in [5, 5.41) is 3.30. The molecule has 2 aromatic rings. The van der Waals surface area contributed by atoms with E-state index in [2.05, 4.69) is 10.3 Å². The van der Waals surface area contributed by atoms with Crippen molar-refractivity contribution in [3.05, 3.63) is 53.6 Å². The Bertz CT molecular complexity index is 605. The van der Waals surface area contributed by atoms with Crippen molar-refractivity contribution in [1.82, 2.24) is 10.3 Å². The van der Waals surface area contributed by atoms with Gasteiger partial charge >= 0.3 is 0 Å². The number of rotatable bonds is 6. The number of aromatic nitrogens is 1. The summed E-state index contributed by atoms with van der Waals surface area (Å²) in [5.41, 5.74) is 1.64. The van der Waals surface area contributed by atoms with Gasteiger partial charge in [0.05, 0.1) is 19.9 Å². The maximum absolute atomic E-state index is 13.2. The lowest BCUT2D eigenvalue weighted by Gasteiger charge is -2.16. The Kier molecular flexibility index (Phi) is 5.11. The van der Waals surface area contributed by atoms with Gasteiger partial charge in [-0.3, -0.25) is 4.98 Å². The second-order valence-electron chi connectivity index (χ2n) is 4.65. The van der Waals surface area contributed by atoms with Crippen LogP contribution in [0.4, 0.5) is 4.39 Å². The van der Waals surface area contributed by atoms with E-state index >= 15 is 0 Å². The van der Waals surface area contributed by atoms with Crippen LogP contribution in [-0.2, 0) is 6.54 Å². The molecule has 1 atom stereocenters. The number of halogens is 1. The Balaban J connectivity index is 2.09. The molecule has 0 spiro atoms. The van der Waals surface area contributed by atoms with Crippen molar-refractivity contribution in [3.8, 4) is 11.5 Å². The predicted octanol–water partition coefficient (Wildman–Crippen LogP) is 3.09. The predicted molar refractivity (Wildman–Crippen MR) is 79.0 cm³/mol. The fourth-order valence-electron chi connectivity index (χ4n) is 2.12. The molecule has 0 saturated heterocycles. The molecule has 0 saturated carbocycles. The van der Waals surface area contributed by atoms with Gasteiger partial charge < -0.3 is 14.8 Å². The Morgan fingerprint density at radius 3 is 2.71 bits per heavy atom. The van der Waals surface area contributed by atoms with Crippen molar-refractivity contribution >= 4 is 0 Å². The van der Waals surface area contributed by atoms with E-state index in [4.69, 9.17) is 9.47 Å². The van der Waals surface area contributed by atoms with E-state index in [0.717, 1.165) is 11.3 Å². The highest BCUT2D eigenvalue weighted by molar-refractivity contribution is 5.42. The van der Waals surface area contributed by atoms with Gasteiger partial charge in [0.25, 0.3) is 0 Å². The second kappa shape index (κ2) is 7.04. The quantitative estimate of drug-likeness (QED) is 0.888. The summed E-state index contributed by atoms with van der Waals surface area (Å²) in [6.07, 6.45) is 1.67. The van der Waals surface area contributed by atoms with E-state index < -0.39 is 0 Å². The van der Waals surface area contributed by atoms with Crippen LogP contribution in [0, 0.1) is 5.82 Å². The van der Waals surface area contributed by atoms with Crippen LogP contribution in [0.5, 0.6) is 11.5 Å². The normalized spacial score (nSPS) is 12.0. The maximum atomic E-state index is 13.2. The first-order chi connectivity index (χ1) is 10.2. The van der Waals surface area contributed by atoms with Crippen LogP contribution in [0.3, 0.4) is 0 Å². The first kappa shape index (κ1) is 15.3. The zero-order chi connectivity index (χ0) is 15.2. The standard InChI is InChI=1S/C16H19FN2O2/c1-11(12-5-4-6-13(17)9-12)19-10-14-16(21-3)15(20-2)7-8-18-14/h4-9,11,19H,10H2,1-3H3.